The summed E-state index contributed by atoms with van der Waals surface area (Å²) in [6, 6.07) is -0.532. The topological polar surface area (TPSA) is 69.6 Å². The Bertz CT molecular complexity index is 925. The van der Waals surface area contributed by atoms with Crippen LogP contribution >= 0.6 is 0 Å². The van der Waals surface area contributed by atoms with Crippen LogP contribution in [0.15, 0.2) is 0 Å². The number of hydrogen-bond donors (Lipinski definition) is 3. The first-order valence-corrected chi connectivity index (χ1v) is 32.7. The number of unbranched alkanes of at least 4 members (excludes halogenated alkanes) is 55. The summed E-state index contributed by atoms with van der Waals surface area (Å²) in [7, 11) is 0. The third-order valence-electron chi connectivity index (χ3n) is 15.9. The summed E-state index contributed by atoms with van der Waals surface area (Å²) in [5.74, 6) is -0.0202. The SMILES string of the molecule is CCCCCCCCCCCCCCCCCCCCCCCCCCCCCCCCCCC(O)C(CO)NC(=O)CCCCCCCCCCCCCCCCCCCCCCCCCCC. The summed E-state index contributed by atoms with van der Waals surface area (Å²) < 4.78 is 0. The maximum atomic E-state index is 12.5. The average Bonchev–Trinajstić information content (AvgIpc) is 3.35. The van der Waals surface area contributed by atoms with E-state index in [4.69, 9.17) is 0 Å². The molecule has 0 saturated heterocycles. The normalized spacial score (nSPS) is 12.6. The van der Waals surface area contributed by atoms with Crippen LogP contribution in [0, 0.1) is 0 Å². The molecule has 0 bridgehead atoms. The highest BCUT2D eigenvalue weighted by atomic mass is 16.3. The lowest BCUT2D eigenvalue weighted by Gasteiger charge is -2.22. The molecule has 0 fully saturated rings. The van der Waals surface area contributed by atoms with Crippen molar-refractivity contribution in [2.24, 2.45) is 0 Å². The lowest BCUT2D eigenvalue weighted by atomic mass is 10.0. The Balaban J connectivity index is 3.36. The average molecular weight is 975 g/mol. The second-order valence-electron chi connectivity index (χ2n) is 22.9. The number of nitrogens with one attached hydrogen (secondary N) is 1. The first-order chi connectivity index (χ1) is 34.2. The molecule has 4 nitrogen and oxygen atoms in total. The highest BCUT2D eigenvalue weighted by Crippen LogP contribution is 2.20. The van der Waals surface area contributed by atoms with Crippen LogP contribution in [-0.4, -0.2) is 34.9 Å². The van der Waals surface area contributed by atoms with Crippen LogP contribution in [0.5, 0.6) is 0 Å². The predicted octanol–water partition coefficient (Wildman–Crippen LogP) is 21.9. The largest absolute Gasteiger partial charge is 0.394 e. The van der Waals surface area contributed by atoms with Gasteiger partial charge in [0.15, 0.2) is 0 Å². The molecule has 4 heteroatoms. The number of aliphatic hydroxyl groups is 2. The third-order valence-corrected chi connectivity index (χ3v) is 15.9. The zero-order valence-electron chi connectivity index (χ0n) is 47.9. The van der Waals surface area contributed by atoms with Crippen LogP contribution in [0.4, 0.5) is 0 Å². The van der Waals surface area contributed by atoms with E-state index in [1.54, 1.807) is 0 Å². The van der Waals surface area contributed by atoms with E-state index in [0.717, 1.165) is 25.7 Å². The number of rotatable bonds is 62. The molecule has 0 saturated carbocycles. The molecule has 2 atom stereocenters. The van der Waals surface area contributed by atoms with E-state index in [1.165, 1.54) is 340 Å². The fourth-order valence-electron chi connectivity index (χ4n) is 10.9. The maximum Gasteiger partial charge on any atom is 0.220 e. The van der Waals surface area contributed by atoms with Gasteiger partial charge in [-0.2, -0.15) is 0 Å². The third kappa shape index (κ3) is 58.2. The van der Waals surface area contributed by atoms with E-state index in [2.05, 4.69) is 19.2 Å². The monoisotopic (exact) mass is 974 g/mol. The lowest BCUT2D eigenvalue weighted by molar-refractivity contribution is -0.123. The first-order valence-electron chi connectivity index (χ1n) is 32.7. The molecule has 0 aliphatic heterocycles. The van der Waals surface area contributed by atoms with E-state index in [1.807, 2.05) is 0 Å². The molecular formula is C65H131NO3. The quantitative estimate of drug-likeness (QED) is 0.0532. The summed E-state index contributed by atoms with van der Waals surface area (Å²) in [5, 5.41) is 23.4. The van der Waals surface area contributed by atoms with Crippen LogP contribution in [0.25, 0.3) is 0 Å². The van der Waals surface area contributed by atoms with Crippen LogP contribution in [-0.2, 0) is 4.79 Å². The Hall–Kier alpha value is -0.610. The Morgan fingerprint density at radius 2 is 0.464 bits per heavy atom. The van der Waals surface area contributed by atoms with Gasteiger partial charge in [-0.1, -0.05) is 373 Å². The number of hydrogen-bond acceptors (Lipinski definition) is 3. The van der Waals surface area contributed by atoms with E-state index in [-0.39, 0.29) is 12.5 Å². The fraction of sp³-hybridized carbons (Fsp3) is 0.985. The summed E-state index contributed by atoms with van der Waals surface area (Å²) in [6.07, 6.45) is 80.0. The molecule has 0 spiro atoms. The number of amides is 1. The van der Waals surface area contributed by atoms with Gasteiger partial charge < -0.3 is 15.5 Å². The Morgan fingerprint density at radius 3 is 0.652 bits per heavy atom. The van der Waals surface area contributed by atoms with Crippen molar-refractivity contribution in [1.82, 2.24) is 5.32 Å². The van der Waals surface area contributed by atoms with Gasteiger partial charge >= 0.3 is 0 Å². The number of carbonyl (C=O) groups excluding carboxylic acids is 1. The molecule has 0 aromatic heterocycles. The van der Waals surface area contributed by atoms with E-state index >= 15 is 0 Å². The van der Waals surface area contributed by atoms with Gasteiger partial charge in [-0.25, -0.2) is 0 Å². The van der Waals surface area contributed by atoms with Crippen LogP contribution < -0.4 is 5.32 Å². The van der Waals surface area contributed by atoms with Crippen LogP contribution in [0.3, 0.4) is 0 Å². The summed E-state index contributed by atoms with van der Waals surface area (Å²) in [5.41, 5.74) is 0. The van der Waals surface area contributed by atoms with Crippen LogP contribution in [0.1, 0.15) is 393 Å². The molecule has 0 rings (SSSR count). The van der Waals surface area contributed by atoms with Crippen molar-refractivity contribution in [3.05, 3.63) is 0 Å². The minimum atomic E-state index is -0.656. The molecule has 69 heavy (non-hydrogen) atoms. The highest BCUT2D eigenvalue weighted by Gasteiger charge is 2.20. The van der Waals surface area contributed by atoms with Crippen molar-refractivity contribution in [2.45, 2.75) is 405 Å². The van der Waals surface area contributed by atoms with Gasteiger partial charge in [0.1, 0.15) is 0 Å². The van der Waals surface area contributed by atoms with Crippen molar-refractivity contribution in [3.8, 4) is 0 Å². The van der Waals surface area contributed by atoms with Gasteiger partial charge in [0.2, 0.25) is 5.91 Å². The molecule has 0 aliphatic rings. The van der Waals surface area contributed by atoms with E-state index < -0.39 is 12.1 Å². The van der Waals surface area contributed by atoms with Crippen molar-refractivity contribution in [1.29, 1.82) is 0 Å². The molecule has 414 valence electrons. The molecule has 0 aliphatic carbocycles. The predicted molar refractivity (Wildman–Crippen MR) is 309 cm³/mol. The van der Waals surface area contributed by atoms with Gasteiger partial charge in [-0.3, -0.25) is 4.79 Å². The van der Waals surface area contributed by atoms with Crippen molar-refractivity contribution >= 4 is 5.91 Å². The van der Waals surface area contributed by atoms with Gasteiger partial charge in [0.05, 0.1) is 18.8 Å². The fourth-order valence-corrected chi connectivity index (χ4v) is 10.9. The zero-order valence-corrected chi connectivity index (χ0v) is 47.9. The molecule has 0 heterocycles. The minimum absolute atomic E-state index is 0.0202. The lowest BCUT2D eigenvalue weighted by Crippen LogP contribution is -2.45. The van der Waals surface area contributed by atoms with Gasteiger partial charge in [0, 0.05) is 6.42 Å². The molecule has 0 aromatic carbocycles. The van der Waals surface area contributed by atoms with E-state index in [0.29, 0.717) is 12.8 Å². The summed E-state index contributed by atoms with van der Waals surface area (Å²) >= 11 is 0. The molecule has 1 amide bonds. The van der Waals surface area contributed by atoms with E-state index in [9.17, 15) is 15.0 Å². The molecule has 0 aromatic rings. The Labute approximate surface area is 435 Å². The van der Waals surface area contributed by atoms with Crippen LogP contribution in [0.2, 0.25) is 0 Å². The summed E-state index contributed by atoms with van der Waals surface area (Å²) in [4.78, 5) is 12.5. The maximum absolute atomic E-state index is 12.5. The Morgan fingerprint density at radius 1 is 0.290 bits per heavy atom. The minimum Gasteiger partial charge on any atom is -0.394 e. The molecular weight excluding hydrogens is 843 g/mol. The van der Waals surface area contributed by atoms with Gasteiger partial charge in [-0.15, -0.1) is 0 Å². The van der Waals surface area contributed by atoms with Crippen molar-refractivity contribution < 1.29 is 15.0 Å². The van der Waals surface area contributed by atoms with Gasteiger partial charge in [0.25, 0.3) is 0 Å². The molecule has 2 unspecified atom stereocenters. The standard InChI is InChI=1S/C65H131NO3/c1-3-5-7-9-11-13-15-17-19-21-23-25-27-29-30-31-32-33-34-35-37-38-40-42-44-46-48-50-52-54-56-58-60-64(68)63(62-67)66-65(69)61-59-57-55-53-51-49-47-45-43-41-39-36-28-26-24-22-20-18-16-14-12-10-8-6-4-2/h63-64,67-68H,3-62H2,1-2H3,(H,66,69). The second-order valence-corrected chi connectivity index (χ2v) is 22.9. The molecule has 3 N–H and O–H groups in total. The second kappa shape index (κ2) is 61.7. The smallest absolute Gasteiger partial charge is 0.220 e. The van der Waals surface area contributed by atoms with Crippen molar-refractivity contribution in [3.63, 3.8) is 0 Å². The number of aliphatic hydroxyl groups excluding tert-OH is 2. The zero-order chi connectivity index (χ0) is 49.9. The van der Waals surface area contributed by atoms with Gasteiger partial charge in [-0.05, 0) is 12.8 Å². The van der Waals surface area contributed by atoms with Crippen molar-refractivity contribution in [2.75, 3.05) is 6.61 Å². The molecule has 0 radical (unpaired) electrons. The Kier molecular flexibility index (Phi) is 61.1. The number of carbonyl (C=O) groups is 1. The highest BCUT2D eigenvalue weighted by molar-refractivity contribution is 5.76. The summed E-state index contributed by atoms with van der Waals surface area (Å²) in [6.45, 7) is 4.42. The first kappa shape index (κ1) is 68.4.